The first kappa shape index (κ1) is 23.1. The van der Waals surface area contributed by atoms with Crippen LogP contribution in [0.15, 0.2) is 54.7 Å². The van der Waals surface area contributed by atoms with Gasteiger partial charge in [0, 0.05) is 23.9 Å². The van der Waals surface area contributed by atoms with Crippen LogP contribution < -0.4 is 15.4 Å². The maximum atomic E-state index is 12.7. The number of halogens is 6. The number of aromatic nitrogens is 4. The van der Waals surface area contributed by atoms with E-state index in [1.807, 2.05) is 12.1 Å². The summed E-state index contributed by atoms with van der Waals surface area (Å²) in [6, 6.07) is 11.0. The maximum absolute atomic E-state index is 12.7. The number of aromatic amines is 1. The fourth-order valence-corrected chi connectivity index (χ4v) is 2.95. The van der Waals surface area contributed by atoms with E-state index < -0.39 is 30.5 Å². The average Bonchev–Trinajstić information content (AvgIpc) is 3.23. The number of nitrogens with one attached hydrogen (secondary N) is 3. The molecule has 13 heteroatoms. The molecule has 34 heavy (non-hydrogen) atoms. The Morgan fingerprint density at radius 1 is 0.853 bits per heavy atom. The van der Waals surface area contributed by atoms with E-state index in [9.17, 15) is 26.3 Å². The third-order valence-corrected chi connectivity index (χ3v) is 4.52. The number of H-pyrrole nitrogens is 1. The predicted molar refractivity (Wildman–Crippen MR) is 112 cm³/mol. The zero-order valence-corrected chi connectivity index (χ0v) is 17.1. The van der Waals surface area contributed by atoms with Crippen molar-refractivity contribution in [3.63, 3.8) is 0 Å². The number of hydrogen-bond acceptors (Lipinski definition) is 6. The van der Waals surface area contributed by atoms with E-state index in [0.717, 1.165) is 23.0 Å². The van der Waals surface area contributed by atoms with E-state index in [1.165, 1.54) is 12.1 Å². The van der Waals surface area contributed by atoms with Gasteiger partial charge in [-0.3, -0.25) is 0 Å². The molecule has 0 spiro atoms. The first-order chi connectivity index (χ1) is 16.0. The molecule has 3 N–H and O–H groups in total. The van der Waals surface area contributed by atoms with Gasteiger partial charge in [-0.15, -0.1) is 0 Å². The number of anilines is 3. The molecule has 0 aliphatic carbocycles. The highest BCUT2D eigenvalue weighted by molar-refractivity contribution is 5.83. The summed E-state index contributed by atoms with van der Waals surface area (Å²) in [6.07, 6.45) is -7.31. The zero-order valence-electron chi connectivity index (χ0n) is 17.1. The van der Waals surface area contributed by atoms with Gasteiger partial charge in [0.05, 0.1) is 5.56 Å². The van der Waals surface area contributed by atoms with Gasteiger partial charge in [0.25, 0.3) is 0 Å². The van der Waals surface area contributed by atoms with Gasteiger partial charge in [-0.1, -0.05) is 18.2 Å². The minimum Gasteiger partial charge on any atom is -0.454 e. The molecule has 0 fully saturated rings. The van der Waals surface area contributed by atoms with Crippen LogP contribution in [0.4, 0.5) is 43.9 Å². The lowest BCUT2D eigenvalue weighted by molar-refractivity contribution is -0.154. The van der Waals surface area contributed by atoms with Crippen LogP contribution in [-0.2, 0) is 12.7 Å². The van der Waals surface area contributed by atoms with E-state index in [1.54, 1.807) is 18.3 Å². The summed E-state index contributed by atoms with van der Waals surface area (Å²) in [7, 11) is 0. The predicted octanol–water partition coefficient (Wildman–Crippen LogP) is 5.67. The number of rotatable bonds is 7. The molecule has 2 aromatic carbocycles. The summed E-state index contributed by atoms with van der Waals surface area (Å²) in [4.78, 5) is 14.8. The molecule has 0 radical (unpaired) electrons. The number of benzene rings is 2. The molecule has 0 amide bonds. The van der Waals surface area contributed by atoms with Crippen LogP contribution in [0.5, 0.6) is 6.01 Å². The smallest absolute Gasteiger partial charge is 0.422 e. The van der Waals surface area contributed by atoms with Gasteiger partial charge < -0.3 is 20.4 Å². The van der Waals surface area contributed by atoms with Gasteiger partial charge in [-0.2, -0.15) is 41.3 Å². The Kier molecular flexibility index (Phi) is 6.18. The van der Waals surface area contributed by atoms with Crippen molar-refractivity contribution in [3.8, 4) is 6.01 Å². The Morgan fingerprint density at radius 2 is 1.59 bits per heavy atom. The van der Waals surface area contributed by atoms with Crippen LogP contribution in [0, 0.1) is 0 Å². The minimum atomic E-state index is -4.60. The molecule has 4 aromatic rings. The van der Waals surface area contributed by atoms with Crippen LogP contribution in [0.3, 0.4) is 0 Å². The summed E-state index contributed by atoms with van der Waals surface area (Å²) in [5.74, 6) is -0.219. The highest BCUT2D eigenvalue weighted by atomic mass is 19.4. The molecular weight excluding hydrogens is 466 g/mol. The van der Waals surface area contributed by atoms with E-state index in [0.29, 0.717) is 11.3 Å². The van der Waals surface area contributed by atoms with Gasteiger partial charge in [0.2, 0.25) is 11.9 Å². The van der Waals surface area contributed by atoms with Crippen molar-refractivity contribution in [2.24, 2.45) is 0 Å². The summed E-state index contributed by atoms with van der Waals surface area (Å²) in [6.45, 7) is -1.60. The number of hydrogen-bond donors (Lipinski definition) is 3. The Bertz CT molecular complexity index is 1270. The van der Waals surface area contributed by atoms with Crippen LogP contribution in [0.1, 0.15) is 11.1 Å². The van der Waals surface area contributed by atoms with Gasteiger partial charge in [-0.25, -0.2) is 0 Å². The third kappa shape index (κ3) is 6.05. The van der Waals surface area contributed by atoms with E-state index in [-0.39, 0.29) is 18.4 Å². The molecule has 2 heterocycles. The quantitative estimate of drug-likeness (QED) is 0.294. The second-order valence-corrected chi connectivity index (χ2v) is 7.12. The summed E-state index contributed by atoms with van der Waals surface area (Å²) in [5, 5.41) is 6.59. The van der Waals surface area contributed by atoms with E-state index in [2.05, 4.69) is 35.3 Å². The van der Waals surface area contributed by atoms with Crippen molar-refractivity contribution in [1.82, 2.24) is 19.9 Å². The first-order valence-corrected chi connectivity index (χ1v) is 9.75. The van der Waals surface area contributed by atoms with Crippen molar-refractivity contribution in [1.29, 1.82) is 0 Å². The fourth-order valence-electron chi connectivity index (χ4n) is 2.95. The van der Waals surface area contributed by atoms with Gasteiger partial charge in [-0.05, 0) is 41.3 Å². The molecule has 2 aromatic heterocycles. The molecule has 0 aliphatic rings. The maximum Gasteiger partial charge on any atom is 0.422 e. The first-order valence-electron chi connectivity index (χ1n) is 9.75. The second kappa shape index (κ2) is 9.08. The Balaban J connectivity index is 1.53. The summed E-state index contributed by atoms with van der Waals surface area (Å²) in [5.41, 5.74) is 1.03. The highest BCUT2D eigenvalue weighted by Crippen LogP contribution is 2.29. The van der Waals surface area contributed by atoms with Crippen molar-refractivity contribution >= 4 is 28.5 Å². The molecule has 0 saturated carbocycles. The van der Waals surface area contributed by atoms with Gasteiger partial charge >= 0.3 is 18.4 Å². The molecule has 0 aliphatic heterocycles. The lowest BCUT2D eigenvalue weighted by Crippen LogP contribution is -2.21. The zero-order chi connectivity index (χ0) is 24.3. The van der Waals surface area contributed by atoms with Crippen LogP contribution >= 0.6 is 0 Å². The Morgan fingerprint density at radius 3 is 2.29 bits per heavy atom. The van der Waals surface area contributed by atoms with Crippen molar-refractivity contribution in [3.05, 3.63) is 65.9 Å². The standard InChI is InChI=1S/C21H16F6N6O/c22-20(23,24)11-34-19-32-17(29-10-12-1-4-14(5-2-12)21(25,26)27)31-18(33-19)30-15-6-3-13-7-8-28-16(13)9-15/h1-9,28H,10-11H2,(H2,29,30,31,32,33). The summed E-state index contributed by atoms with van der Waals surface area (Å²) >= 11 is 0. The molecule has 7 nitrogen and oxygen atoms in total. The van der Waals surface area contributed by atoms with Crippen LogP contribution in [0.2, 0.25) is 0 Å². The molecule has 0 saturated heterocycles. The molecular formula is C21H16F6N6O. The number of nitrogens with zero attached hydrogens (tertiary/aromatic N) is 3. The Hall–Kier alpha value is -4.03. The lowest BCUT2D eigenvalue weighted by atomic mass is 10.1. The topological polar surface area (TPSA) is 87.8 Å². The van der Waals surface area contributed by atoms with Gasteiger partial charge in [0.1, 0.15) is 0 Å². The molecule has 178 valence electrons. The van der Waals surface area contributed by atoms with E-state index in [4.69, 9.17) is 0 Å². The number of ether oxygens (including phenoxy) is 1. The number of alkyl halides is 6. The van der Waals surface area contributed by atoms with Gasteiger partial charge in [0.15, 0.2) is 6.61 Å². The fraction of sp³-hybridized carbons (Fsp3) is 0.190. The Labute approximate surface area is 188 Å². The third-order valence-electron chi connectivity index (χ3n) is 4.52. The normalized spacial score (nSPS) is 12.1. The van der Waals surface area contributed by atoms with Crippen molar-refractivity contribution < 1.29 is 31.1 Å². The van der Waals surface area contributed by atoms with Crippen LogP contribution in [-0.4, -0.2) is 32.7 Å². The van der Waals surface area contributed by atoms with Crippen molar-refractivity contribution in [2.75, 3.05) is 17.2 Å². The average molecular weight is 482 g/mol. The minimum absolute atomic E-state index is 0.00867. The molecule has 4 rings (SSSR count). The number of fused-ring (bicyclic) bond motifs is 1. The van der Waals surface area contributed by atoms with Crippen LogP contribution in [0.25, 0.3) is 10.9 Å². The molecule has 0 atom stereocenters. The second-order valence-electron chi connectivity index (χ2n) is 7.12. The summed E-state index contributed by atoms with van der Waals surface area (Å²) < 4.78 is 80.6. The monoisotopic (exact) mass is 482 g/mol. The highest BCUT2D eigenvalue weighted by Gasteiger charge is 2.30. The molecule has 0 unspecified atom stereocenters. The lowest BCUT2D eigenvalue weighted by Gasteiger charge is -2.12. The van der Waals surface area contributed by atoms with E-state index >= 15 is 0 Å². The SMILES string of the molecule is FC(F)(F)COc1nc(NCc2ccc(C(F)(F)F)cc2)nc(Nc2ccc3cc[nH]c3c2)n1. The molecule has 0 bridgehead atoms. The largest absolute Gasteiger partial charge is 0.454 e. The van der Waals surface area contributed by atoms with Crippen molar-refractivity contribution in [2.45, 2.75) is 18.9 Å².